The summed E-state index contributed by atoms with van der Waals surface area (Å²) in [6.07, 6.45) is 1.32. The molecule has 2 aromatic carbocycles. The topological polar surface area (TPSA) is 101 Å². The van der Waals surface area contributed by atoms with Gasteiger partial charge >= 0.3 is 0 Å². The number of sulfonamides is 2. The predicted molar refractivity (Wildman–Crippen MR) is 113 cm³/mol. The molecule has 0 aliphatic carbocycles. The van der Waals surface area contributed by atoms with Crippen molar-refractivity contribution in [3.8, 4) is 5.75 Å². The molecule has 1 fully saturated rings. The maximum absolute atomic E-state index is 13.6. The molecule has 4 rings (SSSR count). The van der Waals surface area contributed by atoms with Crippen LogP contribution in [0.25, 0.3) is 0 Å². The first-order valence-corrected chi connectivity index (χ1v) is 12.7. The van der Waals surface area contributed by atoms with Crippen LogP contribution >= 0.6 is 0 Å². The molecular formula is C20H22N2O6S2. The number of hydrogen-bond acceptors (Lipinski definition) is 6. The minimum atomic E-state index is -4.06. The fraction of sp³-hybridized carbons (Fsp3) is 0.350. The van der Waals surface area contributed by atoms with Gasteiger partial charge in [-0.25, -0.2) is 21.1 Å². The van der Waals surface area contributed by atoms with E-state index in [0.717, 1.165) is 12.0 Å². The number of hydrogen-bond donors (Lipinski definition) is 0. The normalized spacial score (nSPS) is 18.4. The molecule has 30 heavy (non-hydrogen) atoms. The Bertz CT molecular complexity index is 1210. The molecule has 2 heterocycles. The van der Waals surface area contributed by atoms with Gasteiger partial charge in [-0.3, -0.25) is 9.10 Å². The molecule has 0 saturated carbocycles. The van der Waals surface area contributed by atoms with Crippen LogP contribution in [0, 0.1) is 0 Å². The summed E-state index contributed by atoms with van der Waals surface area (Å²) in [6.45, 7) is 2.27. The quantitative estimate of drug-likeness (QED) is 0.693. The number of para-hydroxylation sites is 1. The molecule has 0 radical (unpaired) electrons. The van der Waals surface area contributed by atoms with E-state index in [1.807, 2.05) is 12.1 Å². The second kappa shape index (κ2) is 7.59. The molecule has 0 spiro atoms. The Morgan fingerprint density at radius 2 is 1.87 bits per heavy atom. The van der Waals surface area contributed by atoms with Crippen molar-refractivity contribution in [2.45, 2.75) is 31.1 Å². The second-order valence-electron chi connectivity index (χ2n) is 7.10. The van der Waals surface area contributed by atoms with Crippen LogP contribution in [0.4, 0.5) is 11.4 Å². The first-order valence-electron chi connectivity index (χ1n) is 9.69. The number of anilines is 2. The Hall–Kier alpha value is -2.59. The molecule has 0 unspecified atom stereocenters. The highest BCUT2D eigenvalue weighted by atomic mass is 32.2. The van der Waals surface area contributed by atoms with Crippen molar-refractivity contribution in [2.75, 3.05) is 27.5 Å². The van der Waals surface area contributed by atoms with E-state index in [1.165, 1.54) is 22.5 Å². The van der Waals surface area contributed by atoms with Gasteiger partial charge in [0.1, 0.15) is 10.6 Å². The molecule has 0 aromatic heterocycles. The van der Waals surface area contributed by atoms with E-state index in [-0.39, 0.29) is 35.1 Å². The van der Waals surface area contributed by atoms with E-state index >= 15 is 0 Å². The zero-order valence-corrected chi connectivity index (χ0v) is 18.1. The van der Waals surface area contributed by atoms with E-state index in [4.69, 9.17) is 4.74 Å². The molecule has 1 saturated heterocycles. The maximum atomic E-state index is 13.6. The zero-order valence-electron chi connectivity index (χ0n) is 16.4. The lowest BCUT2D eigenvalue weighted by Crippen LogP contribution is -2.36. The molecule has 160 valence electrons. The van der Waals surface area contributed by atoms with Crippen LogP contribution in [0.5, 0.6) is 5.75 Å². The number of carbonyl (C=O) groups excluding carboxylic acids is 1. The van der Waals surface area contributed by atoms with Crippen molar-refractivity contribution in [1.29, 1.82) is 0 Å². The Balaban J connectivity index is 1.86. The molecule has 0 atom stereocenters. The third-order valence-corrected chi connectivity index (χ3v) is 8.70. The molecule has 0 N–H and O–H groups in total. The fourth-order valence-electron chi connectivity index (χ4n) is 3.84. The Kier molecular flexibility index (Phi) is 5.23. The fourth-order valence-corrected chi connectivity index (χ4v) is 6.98. The molecule has 2 aliphatic heterocycles. The van der Waals surface area contributed by atoms with Gasteiger partial charge in [-0.2, -0.15) is 0 Å². The standard InChI is InChI=1S/C20H22N2O6S2/c1-2-28-18-10-9-16(22-20(23)11-13-29(22,24)25)14-19(18)30(26,27)21-12-5-7-15-6-3-4-8-17(15)21/h3-4,6,8-10,14H,2,5,7,11-13H2,1H3. The lowest BCUT2D eigenvalue weighted by molar-refractivity contribution is -0.116. The average molecular weight is 451 g/mol. The van der Waals surface area contributed by atoms with E-state index in [2.05, 4.69) is 0 Å². The summed E-state index contributed by atoms with van der Waals surface area (Å²) in [4.78, 5) is 12.0. The lowest BCUT2D eigenvalue weighted by Gasteiger charge is -2.31. The first-order chi connectivity index (χ1) is 14.3. The van der Waals surface area contributed by atoms with E-state index in [9.17, 15) is 21.6 Å². The minimum Gasteiger partial charge on any atom is -0.492 e. The van der Waals surface area contributed by atoms with Gasteiger partial charge in [0.05, 0.1) is 23.7 Å². The summed E-state index contributed by atoms with van der Waals surface area (Å²) in [5.41, 5.74) is 1.53. The number of aryl methyl sites for hydroxylation is 1. The number of ether oxygens (including phenoxy) is 1. The van der Waals surface area contributed by atoms with Gasteiger partial charge in [-0.15, -0.1) is 0 Å². The number of carbonyl (C=O) groups is 1. The van der Waals surface area contributed by atoms with Crippen molar-refractivity contribution >= 4 is 37.3 Å². The third-order valence-electron chi connectivity index (χ3n) is 5.18. The summed E-state index contributed by atoms with van der Waals surface area (Å²) in [5, 5.41) is 0. The van der Waals surface area contributed by atoms with Gasteiger partial charge in [0.15, 0.2) is 0 Å². The van der Waals surface area contributed by atoms with Crippen molar-refractivity contribution in [3.63, 3.8) is 0 Å². The largest absolute Gasteiger partial charge is 0.492 e. The van der Waals surface area contributed by atoms with Crippen LogP contribution in [0.2, 0.25) is 0 Å². The van der Waals surface area contributed by atoms with Crippen LogP contribution in [-0.4, -0.2) is 41.6 Å². The smallest absolute Gasteiger partial charge is 0.268 e. The van der Waals surface area contributed by atoms with E-state index < -0.39 is 26.0 Å². The predicted octanol–water partition coefficient (Wildman–Crippen LogP) is 2.29. The number of rotatable bonds is 5. The van der Waals surface area contributed by atoms with Gasteiger partial charge < -0.3 is 4.74 Å². The molecule has 2 aliphatic rings. The summed E-state index contributed by atoms with van der Waals surface area (Å²) in [6, 6.07) is 11.3. The van der Waals surface area contributed by atoms with Crippen molar-refractivity contribution in [1.82, 2.24) is 0 Å². The number of amides is 1. The average Bonchev–Trinajstić information content (AvgIpc) is 3.00. The summed E-state index contributed by atoms with van der Waals surface area (Å²) < 4.78 is 59.5. The Labute approximate surface area is 176 Å². The number of nitrogens with zero attached hydrogens (tertiary/aromatic N) is 2. The van der Waals surface area contributed by atoms with Crippen LogP contribution in [0.15, 0.2) is 47.4 Å². The van der Waals surface area contributed by atoms with Crippen molar-refractivity contribution < 1.29 is 26.4 Å². The van der Waals surface area contributed by atoms with Crippen LogP contribution < -0.4 is 13.3 Å². The molecule has 0 bridgehead atoms. The molecular weight excluding hydrogens is 428 g/mol. The molecule has 1 amide bonds. The molecule has 2 aromatic rings. The number of benzene rings is 2. The molecule has 10 heteroatoms. The Morgan fingerprint density at radius 1 is 1.10 bits per heavy atom. The number of fused-ring (bicyclic) bond motifs is 1. The van der Waals surface area contributed by atoms with Crippen molar-refractivity contribution in [2.24, 2.45) is 0 Å². The van der Waals surface area contributed by atoms with Gasteiger partial charge in [0.2, 0.25) is 15.9 Å². The lowest BCUT2D eigenvalue weighted by atomic mass is 10.0. The van der Waals surface area contributed by atoms with Gasteiger partial charge in [0, 0.05) is 13.0 Å². The van der Waals surface area contributed by atoms with Crippen LogP contribution in [0.3, 0.4) is 0 Å². The summed E-state index contributed by atoms with van der Waals surface area (Å²) >= 11 is 0. The van der Waals surface area contributed by atoms with Crippen LogP contribution in [0.1, 0.15) is 25.3 Å². The van der Waals surface area contributed by atoms with Gasteiger partial charge in [0.25, 0.3) is 10.0 Å². The van der Waals surface area contributed by atoms with Gasteiger partial charge in [-0.05, 0) is 49.6 Å². The van der Waals surface area contributed by atoms with E-state index in [1.54, 1.807) is 19.1 Å². The molecule has 8 nitrogen and oxygen atoms in total. The summed E-state index contributed by atoms with van der Waals surface area (Å²) in [7, 11) is -7.88. The Morgan fingerprint density at radius 3 is 2.57 bits per heavy atom. The first kappa shape index (κ1) is 20.7. The highest BCUT2D eigenvalue weighted by molar-refractivity contribution is 7.94. The highest BCUT2D eigenvalue weighted by Crippen LogP contribution is 2.38. The second-order valence-corrected chi connectivity index (χ2v) is 10.9. The van der Waals surface area contributed by atoms with Crippen LogP contribution in [-0.2, 0) is 31.3 Å². The third kappa shape index (κ3) is 3.43. The van der Waals surface area contributed by atoms with E-state index in [0.29, 0.717) is 23.0 Å². The SMILES string of the molecule is CCOc1ccc(N2C(=O)CCS2(=O)=O)cc1S(=O)(=O)N1CCCc2ccccc21. The zero-order chi connectivity index (χ0) is 21.5. The highest BCUT2D eigenvalue weighted by Gasteiger charge is 2.38. The maximum Gasteiger partial charge on any atom is 0.268 e. The summed E-state index contributed by atoms with van der Waals surface area (Å²) in [5.74, 6) is -0.750. The monoisotopic (exact) mass is 450 g/mol. The van der Waals surface area contributed by atoms with Gasteiger partial charge in [-0.1, -0.05) is 18.2 Å². The minimum absolute atomic E-state index is 0.00447. The van der Waals surface area contributed by atoms with Crippen molar-refractivity contribution in [3.05, 3.63) is 48.0 Å².